The van der Waals surface area contributed by atoms with Crippen molar-refractivity contribution < 1.29 is 4.79 Å². The van der Waals surface area contributed by atoms with Crippen LogP contribution in [0.25, 0.3) is 10.8 Å². The molecule has 1 aromatic carbocycles. The topological polar surface area (TPSA) is 67.2 Å². The molecule has 1 atom stereocenters. The Balaban J connectivity index is 0.00000280. The molecule has 1 aromatic heterocycles. The first-order chi connectivity index (χ1) is 13.2. The van der Waals surface area contributed by atoms with Gasteiger partial charge < -0.3 is 10.2 Å². The van der Waals surface area contributed by atoms with Crippen molar-refractivity contribution in [3.05, 3.63) is 40.3 Å². The second-order valence-corrected chi connectivity index (χ2v) is 7.45. The zero-order chi connectivity index (χ0) is 19.2. The van der Waals surface area contributed by atoms with E-state index in [1.165, 1.54) is 4.68 Å². The number of piperidine rings is 1. The average Bonchev–Trinajstić information content (AvgIpc) is 2.70. The minimum Gasteiger partial charge on any atom is -0.337 e. The van der Waals surface area contributed by atoms with E-state index in [0.29, 0.717) is 28.9 Å². The summed E-state index contributed by atoms with van der Waals surface area (Å²) in [6, 6.07) is 7.34. The van der Waals surface area contributed by atoms with Gasteiger partial charge in [-0.3, -0.25) is 9.59 Å². The number of carbonyl (C=O) groups is 1. The summed E-state index contributed by atoms with van der Waals surface area (Å²) >= 11 is 0. The molecule has 2 aromatic rings. The quantitative estimate of drug-likeness (QED) is 0.717. The lowest BCUT2D eigenvalue weighted by atomic mass is 9.97. The molecule has 2 heterocycles. The summed E-state index contributed by atoms with van der Waals surface area (Å²) < 4.78 is 1.49. The van der Waals surface area contributed by atoms with Crippen LogP contribution in [0, 0.1) is 5.92 Å². The highest BCUT2D eigenvalue weighted by Gasteiger charge is 2.27. The molecule has 1 fully saturated rings. The third-order valence-electron chi connectivity index (χ3n) is 5.34. The molecule has 0 saturated carbocycles. The fraction of sp³-hybridized carbons (Fsp3) is 0.571. The monoisotopic (exact) mass is 406 g/mol. The second-order valence-electron chi connectivity index (χ2n) is 7.45. The average molecular weight is 407 g/mol. The molecular formula is C21H31ClN4O2. The number of nitrogens with zero attached hydrogens (tertiary/aromatic N) is 3. The molecular weight excluding hydrogens is 376 g/mol. The van der Waals surface area contributed by atoms with Crippen molar-refractivity contribution in [2.24, 2.45) is 5.92 Å². The normalized spacial score (nSPS) is 16.8. The summed E-state index contributed by atoms with van der Waals surface area (Å²) in [6.07, 6.45) is 5.15. The first-order valence-corrected chi connectivity index (χ1v) is 10.1. The van der Waals surface area contributed by atoms with Crippen LogP contribution in [0.2, 0.25) is 0 Å². The van der Waals surface area contributed by atoms with Gasteiger partial charge in [-0.1, -0.05) is 38.0 Å². The molecule has 7 heteroatoms. The van der Waals surface area contributed by atoms with E-state index >= 15 is 0 Å². The number of carbonyl (C=O) groups excluding carboxylic acids is 1. The van der Waals surface area contributed by atoms with E-state index in [1.54, 1.807) is 6.07 Å². The largest absolute Gasteiger partial charge is 0.337 e. The minimum absolute atomic E-state index is 0. The molecule has 0 aliphatic carbocycles. The van der Waals surface area contributed by atoms with Crippen LogP contribution in [-0.4, -0.2) is 47.3 Å². The Morgan fingerprint density at radius 2 is 2.00 bits per heavy atom. The van der Waals surface area contributed by atoms with Crippen LogP contribution in [0.5, 0.6) is 0 Å². The number of amides is 1. The summed E-state index contributed by atoms with van der Waals surface area (Å²) in [5.74, 6) is 0.408. The summed E-state index contributed by atoms with van der Waals surface area (Å²) in [4.78, 5) is 28.0. The summed E-state index contributed by atoms with van der Waals surface area (Å²) in [5, 5.41) is 8.97. The van der Waals surface area contributed by atoms with E-state index in [4.69, 9.17) is 0 Å². The zero-order valence-electron chi connectivity index (χ0n) is 16.8. The van der Waals surface area contributed by atoms with Crippen molar-refractivity contribution in [3.8, 4) is 0 Å². The Morgan fingerprint density at radius 1 is 1.25 bits per heavy atom. The van der Waals surface area contributed by atoms with Gasteiger partial charge in [-0.25, -0.2) is 4.68 Å². The highest BCUT2D eigenvalue weighted by Crippen LogP contribution is 2.21. The van der Waals surface area contributed by atoms with Crippen LogP contribution in [0.1, 0.15) is 49.5 Å². The zero-order valence-corrected chi connectivity index (χ0v) is 17.6. The number of fused-ring (bicyclic) bond motifs is 1. The van der Waals surface area contributed by atoms with Crippen molar-refractivity contribution in [2.45, 2.75) is 45.6 Å². The maximum Gasteiger partial charge on any atom is 0.274 e. The maximum atomic E-state index is 13.3. The lowest BCUT2D eigenvalue weighted by Gasteiger charge is -2.32. The Morgan fingerprint density at radius 3 is 2.71 bits per heavy atom. The Labute approximate surface area is 172 Å². The van der Waals surface area contributed by atoms with Crippen LogP contribution in [0.15, 0.2) is 29.1 Å². The highest BCUT2D eigenvalue weighted by molar-refractivity contribution is 6.04. The number of nitrogens with one attached hydrogen (secondary N) is 1. The number of rotatable bonds is 7. The van der Waals surface area contributed by atoms with Crippen LogP contribution >= 0.6 is 12.4 Å². The van der Waals surface area contributed by atoms with Crippen LogP contribution in [0.4, 0.5) is 0 Å². The standard InChI is InChI=1S/C21H30N4O2.ClH/c1-3-4-7-13-25-20(26)18-11-6-5-10-17(18)19(23-25)21(27)24-12-8-9-16(15-24)14-22-2;/h5-6,10-11,16,22H,3-4,7-9,12-15H2,1-2H3;1H. The van der Waals surface area contributed by atoms with Crippen molar-refractivity contribution in [1.29, 1.82) is 0 Å². The number of halogens is 1. The molecule has 0 spiro atoms. The molecule has 1 unspecified atom stereocenters. The predicted molar refractivity (Wildman–Crippen MR) is 115 cm³/mol. The van der Waals surface area contributed by atoms with Crippen molar-refractivity contribution in [2.75, 3.05) is 26.7 Å². The molecule has 1 N–H and O–H groups in total. The van der Waals surface area contributed by atoms with Crippen molar-refractivity contribution in [1.82, 2.24) is 20.0 Å². The van der Waals surface area contributed by atoms with Crippen molar-refractivity contribution in [3.63, 3.8) is 0 Å². The van der Waals surface area contributed by atoms with Crippen LogP contribution in [0.3, 0.4) is 0 Å². The first kappa shape index (κ1) is 22.4. The van der Waals surface area contributed by atoms with Gasteiger partial charge in [0.1, 0.15) is 0 Å². The lowest BCUT2D eigenvalue weighted by molar-refractivity contribution is 0.0667. The molecule has 3 rings (SSSR count). The highest BCUT2D eigenvalue weighted by atomic mass is 35.5. The van der Waals surface area contributed by atoms with Gasteiger partial charge in [-0.2, -0.15) is 5.10 Å². The molecule has 1 aliphatic rings. The second kappa shape index (κ2) is 10.6. The first-order valence-electron chi connectivity index (χ1n) is 10.1. The number of likely N-dealkylation sites (tertiary alicyclic amines) is 1. The fourth-order valence-corrected chi connectivity index (χ4v) is 3.91. The van der Waals surface area contributed by atoms with Crippen LogP contribution in [-0.2, 0) is 6.54 Å². The summed E-state index contributed by atoms with van der Waals surface area (Å²) in [5.41, 5.74) is 0.303. The number of unbranched alkanes of at least 4 members (excludes halogenated alkanes) is 2. The molecule has 1 amide bonds. The van der Waals surface area contributed by atoms with E-state index in [1.807, 2.05) is 30.1 Å². The number of hydrogen-bond acceptors (Lipinski definition) is 4. The smallest absolute Gasteiger partial charge is 0.274 e. The van der Waals surface area contributed by atoms with Crippen LogP contribution < -0.4 is 10.9 Å². The molecule has 0 bridgehead atoms. The van der Waals surface area contributed by atoms with Gasteiger partial charge in [0.15, 0.2) is 5.69 Å². The minimum atomic E-state index is -0.107. The molecule has 1 saturated heterocycles. The van der Waals surface area contributed by atoms with E-state index in [9.17, 15) is 9.59 Å². The van der Waals surface area contributed by atoms with E-state index in [2.05, 4.69) is 17.3 Å². The SMILES string of the molecule is CCCCCn1nc(C(=O)N2CCCC(CNC)C2)c2ccccc2c1=O.Cl. The Bertz CT molecular complexity index is 850. The number of hydrogen-bond donors (Lipinski definition) is 1. The molecule has 6 nitrogen and oxygen atoms in total. The molecule has 28 heavy (non-hydrogen) atoms. The predicted octanol–water partition coefficient (Wildman–Crippen LogP) is 3.08. The van der Waals surface area contributed by atoms with Gasteiger partial charge in [0.2, 0.25) is 0 Å². The fourth-order valence-electron chi connectivity index (χ4n) is 3.91. The summed E-state index contributed by atoms with van der Waals surface area (Å²) in [6.45, 7) is 5.09. The molecule has 1 aliphatic heterocycles. The Hall–Kier alpha value is -1.92. The maximum absolute atomic E-state index is 13.3. The Kier molecular flexibility index (Phi) is 8.45. The summed E-state index contributed by atoms with van der Waals surface area (Å²) in [7, 11) is 1.95. The van der Waals surface area contributed by atoms with E-state index < -0.39 is 0 Å². The molecule has 154 valence electrons. The van der Waals surface area contributed by atoms with Gasteiger partial charge in [0.05, 0.1) is 5.39 Å². The van der Waals surface area contributed by atoms with Crippen molar-refractivity contribution >= 4 is 29.1 Å². The van der Waals surface area contributed by atoms with Gasteiger partial charge >= 0.3 is 0 Å². The third kappa shape index (κ3) is 4.92. The molecule has 0 radical (unpaired) electrons. The van der Waals surface area contributed by atoms with Gasteiger partial charge in [-0.15, -0.1) is 12.4 Å². The van der Waals surface area contributed by atoms with Gasteiger partial charge in [0.25, 0.3) is 11.5 Å². The lowest BCUT2D eigenvalue weighted by Crippen LogP contribution is -2.43. The number of aromatic nitrogens is 2. The number of aryl methyl sites for hydroxylation is 1. The van der Waals surface area contributed by atoms with E-state index in [0.717, 1.165) is 51.7 Å². The van der Waals surface area contributed by atoms with Gasteiger partial charge in [0, 0.05) is 25.0 Å². The van der Waals surface area contributed by atoms with E-state index in [-0.39, 0.29) is 23.9 Å². The number of benzene rings is 1. The van der Waals surface area contributed by atoms with Gasteiger partial charge in [-0.05, 0) is 44.8 Å². The third-order valence-corrected chi connectivity index (χ3v) is 5.34.